The van der Waals surface area contributed by atoms with Crippen molar-refractivity contribution in [2.75, 3.05) is 0 Å². The number of aromatic nitrogens is 2. The van der Waals surface area contributed by atoms with Crippen LogP contribution in [0, 0.1) is 0 Å². The Kier molecular flexibility index (Phi) is 5.59. The summed E-state index contributed by atoms with van der Waals surface area (Å²) in [6.45, 7) is 3.91. The van der Waals surface area contributed by atoms with Gasteiger partial charge in [0.15, 0.2) is 0 Å². The molecule has 5 heteroatoms. The van der Waals surface area contributed by atoms with Crippen LogP contribution in [0.5, 0.6) is 0 Å². The van der Waals surface area contributed by atoms with E-state index in [0.29, 0.717) is 0 Å². The number of urea groups is 1. The molecule has 0 unspecified atom stereocenters. The Hall–Kier alpha value is -3.21. The molecular weight excluding hydrogens is 324 g/mol. The van der Waals surface area contributed by atoms with Gasteiger partial charge in [0.1, 0.15) is 0 Å². The Morgan fingerprint density at radius 2 is 1.38 bits per heavy atom. The van der Waals surface area contributed by atoms with Crippen molar-refractivity contribution in [3.63, 3.8) is 0 Å². The summed E-state index contributed by atoms with van der Waals surface area (Å²) in [6.07, 6.45) is 7.04. The minimum absolute atomic E-state index is 0.0850. The average Bonchev–Trinajstić information content (AvgIpc) is 2.69. The molecule has 0 fully saturated rings. The van der Waals surface area contributed by atoms with Crippen LogP contribution in [-0.2, 0) is 0 Å². The summed E-state index contributed by atoms with van der Waals surface area (Å²) >= 11 is 0. The van der Waals surface area contributed by atoms with Gasteiger partial charge in [-0.1, -0.05) is 30.3 Å². The van der Waals surface area contributed by atoms with E-state index in [-0.39, 0.29) is 18.1 Å². The van der Waals surface area contributed by atoms with Crippen LogP contribution in [0.1, 0.15) is 37.1 Å². The standard InChI is InChI=1S/C21H22N4O/c1-15(24-21(26)25-16(2)18-9-12-22-13-10-18)17-5-7-19(8-6-17)20-4-3-11-23-14-20/h3-16H,1-2H3,(H2,24,25,26)/t15-,16-/m1/s1. The van der Waals surface area contributed by atoms with E-state index < -0.39 is 0 Å². The number of benzene rings is 1. The van der Waals surface area contributed by atoms with E-state index in [1.807, 2.05) is 68.6 Å². The number of carbonyl (C=O) groups is 1. The van der Waals surface area contributed by atoms with Crippen LogP contribution < -0.4 is 10.6 Å². The number of rotatable bonds is 5. The Morgan fingerprint density at radius 3 is 1.96 bits per heavy atom. The van der Waals surface area contributed by atoms with Gasteiger partial charge in [-0.3, -0.25) is 9.97 Å². The first kappa shape index (κ1) is 17.6. The zero-order chi connectivity index (χ0) is 18.4. The third kappa shape index (κ3) is 4.45. The van der Waals surface area contributed by atoms with E-state index in [9.17, 15) is 4.79 Å². The maximum atomic E-state index is 12.3. The molecule has 0 saturated heterocycles. The number of nitrogens with one attached hydrogen (secondary N) is 2. The molecule has 3 aromatic rings. The third-order valence-electron chi connectivity index (χ3n) is 4.31. The van der Waals surface area contributed by atoms with Gasteiger partial charge >= 0.3 is 6.03 Å². The smallest absolute Gasteiger partial charge is 0.315 e. The summed E-state index contributed by atoms with van der Waals surface area (Å²) in [6, 6.07) is 15.5. The second-order valence-corrected chi connectivity index (χ2v) is 6.21. The van der Waals surface area contributed by atoms with Gasteiger partial charge in [0.2, 0.25) is 0 Å². The minimum Gasteiger partial charge on any atom is -0.332 e. The average molecular weight is 346 g/mol. The van der Waals surface area contributed by atoms with E-state index in [1.165, 1.54) is 0 Å². The van der Waals surface area contributed by atoms with Crippen LogP contribution in [0.15, 0.2) is 73.3 Å². The predicted octanol–water partition coefficient (Wildman–Crippen LogP) is 4.27. The quantitative estimate of drug-likeness (QED) is 0.725. The molecule has 3 rings (SSSR count). The molecule has 0 aliphatic rings. The maximum Gasteiger partial charge on any atom is 0.315 e. The van der Waals surface area contributed by atoms with E-state index in [0.717, 1.165) is 22.3 Å². The fraction of sp³-hybridized carbons (Fsp3) is 0.190. The molecule has 2 heterocycles. The van der Waals surface area contributed by atoms with Gasteiger partial charge < -0.3 is 10.6 Å². The third-order valence-corrected chi connectivity index (χ3v) is 4.31. The summed E-state index contributed by atoms with van der Waals surface area (Å²) in [7, 11) is 0. The molecule has 26 heavy (non-hydrogen) atoms. The first-order valence-electron chi connectivity index (χ1n) is 8.61. The van der Waals surface area contributed by atoms with E-state index in [1.54, 1.807) is 18.6 Å². The number of pyridine rings is 2. The molecule has 2 aromatic heterocycles. The van der Waals surface area contributed by atoms with Crippen molar-refractivity contribution < 1.29 is 4.79 Å². The van der Waals surface area contributed by atoms with Gasteiger partial charge in [-0.2, -0.15) is 0 Å². The van der Waals surface area contributed by atoms with Crippen molar-refractivity contribution in [2.45, 2.75) is 25.9 Å². The summed E-state index contributed by atoms with van der Waals surface area (Å²) in [5.41, 5.74) is 4.24. The highest BCUT2D eigenvalue weighted by Gasteiger charge is 2.13. The highest BCUT2D eigenvalue weighted by molar-refractivity contribution is 5.75. The molecule has 0 radical (unpaired) electrons. The van der Waals surface area contributed by atoms with E-state index >= 15 is 0 Å². The molecule has 0 saturated carbocycles. The normalized spacial score (nSPS) is 12.8. The fourth-order valence-electron chi connectivity index (χ4n) is 2.75. The van der Waals surface area contributed by atoms with Crippen molar-refractivity contribution in [3.8, 4) is 11.1 Å². The lowest BCUT2D eigenvalue weighted by Crippen LogP contribution is -2.38. The maximum absolute atomic E-state index is 12.3. The number of hydrogen-bond acceptors (Lipinski definition) is 3. The van der Waals surface area contributed by atoms with Gasteiger partial charge in [-0.25, -0.2) is 4.79 Å². The Labute approximate surface area is 153 Å². The molecule has 2 N–H and O–H groups in total. The zero-order valence-electron chi connectivity index (χ0n) is 14.9. The van der Waals surface area contributed by atoms with Crippen molar-refractivity contribution in [1.29, 1.82) is 0 Å². The van der Waals surface area contributed by atoms with Crippen LogP contribution in [0.4, 0.5) is 4.79 Å². The Balaban J connectivity index is 1.59. The van der Waals surface area contributed by atoms with E-state index in [4.69, 9.17) is 0 Å². The second kappa shape index (κ2) is 8.25. The lowest BCUT2D eigenvalue weighted by molar-refractivity contribution is 0.235. The monoisotopic (exact) mass is 346 g/mol. The molecule has 1 aromatic carbocycles. The van der Waals surface area contributed by atoms with Crippen molar-refractivity contribution >= 4 is 6.03 Å². The lowest BCUT2D eigenvalue weighted by Gasteiger charge is -2.19. The van der Waals surface area contributed by atoms with Crippen LogP contribution in [0.2, 0.25) is 0 Å². The molecule has 0 spiro atoms. The highest BCUT2D eigenvalue weighted by Crippen LogP contribution is 2.21. The first-order chi connectivity index (χ1) is 12.6. The molecule has 0 aliphatic heterocycles. The van der Waals surface area contributed by atoms with Gasteiger partial charge in [-0.05, 0) is 54.3 Å². The van der Waals surface area contributed by atoms with Crippen molar-refractivity contribution in [3.05, 3.63) is 84.4 Å². The predicted molar refractivity (Wildman–Crippen MR) is 102 cm³/mol. The molecule has 2 atom stereocenters. The summed E-state index contributed by atoms with van der Waals surface area (Å²) < 4.78 is 0. The number of amides is 2. The molecule has 2 amide bonds. The van der Waals surface area contributed by atoms with Crippen LogP contribution in [0.25, 0.3) is 11.1 Å². The molecule has 5 nitrogen and oxygen atoms in total. The van der Waals surface area contributed by atoms with Gasteiger partial charge in [0, 0.05) is 24.8 Å². The van der Waals surface area contributed by atoms with Crippen LogP contribution in [-0.4, -0.2) is 16.0 Å². The van der Waals surface area contributed by atoms with Crippen LogP contribution in [0.3, 0.4) is 0 Å². The van der Waals surface area contributed by atoms with Crippen molar-refractivity contribution in [1.82, 2.24) is 20.6 Å². The van der Waals surface area contributed by atoms with Crippen molar-refractivity contribution in [2.24, 2.45) is 0 Å². The van der Waals surface area contributed by atoms with E-state index in [2.05, 4.69) is 20.6 Å². The summed E-state index contributed by atoms with van der Waals surface area (Å²) in [4.78, 5) is 20.4. The number of carbonyl (C=O) groups excluding carboxylic acids is 1. The highest BCUT2D eigenvalue weighted by atomic mass is 16.2. The molecule has 132 valence electrons. The first-order valence-corrected chi connectivity index (χ1v) is 8.61. The molecular formula is C21H22N4O. The number of nitrogens with zero attached hydrogens (tertiary/aromatic N) is 2. The molecule has 0 aliphatic carbocycles. The summed E-state index contributed by atoms with van der Waals surface area (Å²) in [5.74, 6) is 0. The van der Waals surface area contributed by atoms with Gasteiger partial charge in [0.05, 0.1) is 12.1 Å². The van der Waals surface area contributed by atoms with Crippen LogP contribution >= 0.6 is 0 Å². The minimum atomic E-state index is -0.196. The Bertz CT molecular complexity index is 835. The fourth-order valence-corrected chi connectivity index (χ4v) is 2.75. The number of hydrogen-bond donors (Lipinski definition) is 2. The lowest BCUT2D eigenvalue weighted by atomic mass is 10.0. The zero-order valence-corrected chi connectivity index (χ0v) is 14.9. The topological polar surface area (TPSA) is 66.9 Å². The SMILES string of the molecule is C[C@@H](NC(=O)N[C@H](C)c1ccc(-c2cccnc2)cc1)c1ccncc1. The van der Waals surface area contributed by atoms with Gasteiger partial charge in [-0.15, -0.1) is 0 Å². The summed E-state index contributed by atoms with van der Waals surface area (Å²) in [5, 5.41) is 5.93. The Morgan fingerprint density at radius 1 is 0.769 bits per heavy atom. The largest absolute Gasteiger partial charge is 0.332 e. The molecule has 0 bridgehead atoms. The van der Waals surface area contributed by atoms with Gasteiger partial charge in [0.25, 0.3) is 0 Å². The second-order valence-electron chi connectivity index (χ2n) is 6.21.